The molecule has 1 saturated heterocycles. The van der Waals surface area contributed by atoms with Gasteiger partial charge in [0.15, 0.2) is 0 Å². The predicted octanol–water partition coefficient (Wildman–Crippen LogP) is 4.21. The van der Waals surface area contributed by atoms with E-state index in [1.807, 2.05) is 18.2 Å². The van der Waals surface area contributed by atoms with Gasteiger partial charge in [-0.2, -0.15) is 0 Å². The molecular formula is C14H19BrClNO. The summed E-state index contributed by atoms with van der Waals surface area (Å²) in [5.41, 5.74) is 0. The van der Waals surface area contributed by atoms with E-state index in [2.05, 4.69) is 27.8 Å². The lowest BCUT2D eigenvalue weighted by atomic mass is 9.99. The van der Waals surface area contributed by atoms with Gasteiger partial charge in [-0.05, 0) is 50.0 Å². The normalized spacial score (nSPS) is 17.9. The van der Waals surface area contributed by atoms with Gasteiger partial charge >= 0.3 is 0 Å². The highest BCUT2D eigenvalue weighted by atomic mass is 79.9. The zero-order valence-corrected chi connectivity index (χ0v) is 13.0. The molecule has 0 N–H and O–H groups in total. The zero-order valence-electron chi connectivity index (χ0n) is 10.7. The van der Waals surface area contributed by atoms with E-state index in [0.29, 0.717) is 11.6 Å². The lowest BCUT2D eigenvalue weighted by molar-refractivity contribution is 0.160. The molecule has 0 radical (unpaired) electrons. The Morgan fingerprint density at radius 3 is 2.78 bits per heavy atom. The van der Waals surface area contributed by atoms with Gasteiger partial charge in [-0.15, -0.1) is 0 Å². The Morgan fingerprint density at radius 1 is 1.39 bits per heavy atom. The van der Waals surface area contributed by atoms with E-state index in [0.717, 1.165) is 22.7 Å². The summed E-state index contributed by atoms with van der Waals surface area (Å²) in [6, 6.07) is 5.72. The SMILES string of the molecule is CC1CCN(CCOc2ccc(Br)cc2Cl)CC1. The second-order valence-corrected chi connectivity index (χ2v) is 6.27. The van der Waals surface area contributed by atoms with E-state index in [1.165, 1.54) is 25.9 Å². The molecule has 2 rings (SSSR count). The minimum atomic E-state index is 0.664. The molecule has 2 nitrogen and oxygen atoms in total. The van der Waals surface area contributed by atoms with Gasteiger partial charge in [-0.3, -0.25) is 4.90 Å². The van der Waals surface area contributed by atoms with Crippen LogP contribution in [0.4, 0.5) is 0 Å². The summed E-state index contributed by atoms with van der Waals surface area (Å²) in [6.07, 6.45) is 2.61. The molecule has 0 amide bonds. The van der Waals surface area contributed by atoms with Crippen molar-refractivity contribution in [2.75, 3.05) is 26.2 Å². The summed E-state index contributed by atoms with van der Waals surface area (Å²) in [6.45, 7) is 6.40. The number of nitrogens with zero attached hydrogens (tertiary/aromatic N) is 1. The number of rotatable bonds is 4. The molecule has 1 fully saturated rings. The maximum Gasteiger partial charge on any atom is 0.138 e. The highest BCUT2D eigenvalue weighted by Gasteiger charge is 2.15. The van der Waals surface area contributed by atoms with Gasteiger partial charge < -0.3 is 4.74 Å². The van der Waals surface area contributed by atoms with E-state index in [4.69, 9.17) is 16.3 Å². The quantitative estimate of drug-likeness (QED) is 0.819. The predicted molar refractivity (Wildman–Crippen MR) is 79.5 cm³/mol. The molecule has 1 aromatic carbocycles. The molecule has 18 heavy (non-hydrogen) atoms. The van der Waals surface area contributed by atoms with Crippen molar-refractivity contribution in [2.45, 2.75) is 19.8 Å². The Morgan fingerprint density at radius 2 is 2.11 bits per heavy atom. The van der Waals surface area contributed by atoms with Gasteiger partial charge in [0.2, 0.25) is 0 Å². The standard InChI is InChI=1S/C14H19BrClNO/c1-11-4-6-17(7-5-11)8-9-18-14-3-2-12(15)10-13(14)16/h2-3,10-11H,4-9H2,1H3. The Kier molecular flexibility index (Phi) is 5.34. The van der Waals surface area contributed by atoms with Gasteiger partial charge in [0, 0.05) is 11.0 Å². The number of hydrogen-bond acceptors (Lipinski definition) is 2. The van der Waals surface area contributed by atoms with Gasteiger partial charge in [0.1, 0.15) is 12.4 Å². The van der Waals surface area contributed by atoms with Crippen LogP contribution in [0.1, 0.15) is 19.8 Å². The van der Waals surface area contributed by atoms with Gasteiger partial charge in [0.05, 0.1) is 5.02 Å². The fourth-order valence-electron chi connectivity index (χ4n) is 2.16. The second kappa shape index (κ2) is 6.78. The smallest absolute Gasteiger partial charge is 0.138 e. The van der Waals surface area contributed by atoms with Crippen LogP contribution in [0, 0.1) is 5.92 Å². The molecular weight excluding hydrogens is 314 g/mol. The van der Waals surface area contributed by atoms with E-state index in [1.54, 1.807) is 0 Å². The van der Waals surface area contributed by atoms with Crippen LogP contribution in [-0.2, 0) is 0 Å². The molecule has 0 unspecified atom stereocenters. The van der Waals surface area contributed by atoms with Gasteiger partial charge in [-0.25, -0.2) is 0 Å². The molecule has 1 heterocycles. The fraction of sp³-hybridized carbons (Fsp3) is 0.571. The molecule has 0 spiro atoms. The maximum absolute atomic E-state index is 6.10. The molecule has 1 aliphatic heterocycles. The summed E-state index contributed by atoms with van der Waals surface area (Å²) < 4.78 is 6.70. The zero-order chi connectivity index (χ0) is 13.0. The molecule has 0 aliphatic carbocycles. The molecule has 0 saturated carbocycles. The molecule has 1 aromatic rings. The number of hydrogen-bond donors (Lipinski definition) is 0. The Balaban J connectivity index is 1.75. The van der Waals surface area contributed by atoms with Crippen molar-refractivity contribution < 1.29 is 4.74 Å². The van der Waals surface area contributed by atoms with Crippen LogP contribution in [0.25, 0.3) is 0 Å². The number of halogens is 2. The van der Waals surface area contributed by atoms with Crippen LogP contribution in [0.3, 0.4) is 0 Å². The van der Waals surface area contributed by atoms with Crippen molar-refractivity contribution in [3.8, 4) is 5.75 Å². The van der Waals surface area contributed by atoms with Crippen LogP contribution < -0.4 is 4.74 Å². The summed E-state index contributed by atoms with van der Waals surface area (Å²) in [5.74, 6) is 1.65. The van der Waals surface area contributed by atoms with Crippen molar-refractivity contribution in [1.29, 1.82) is 0 Å². The van der Waals surface area contributed by atoms with Crippen molar-refractivity contribution in [3.05, 3.63) is 27.7 Å². The average Bonchev–Trinajstić information content (AvgIpc) is 2.34. The topological polar surface area (TPSA) is 12.5 Å². The Hall–Kier alpha value is -0.250. The minimum Gasteiger partial charge on any atom is -0.491 e. The number of ether oxygens (including phenoxy) is 1. The highest BCUT2D eigenvalue weighted by molar-refractivity contribution is 9.10. The van der Waals surface area contributed by atoms with E-state index >= 15 is 0 Å². The molecule has 0 aromatic heterocycles. The Bertz CT molecular complexity index is 391. The van der Waals surface area contributed by atoms with Crippen LogP contribution in [0.15, 0.2) is 22.7 Å². The third kappa shape index (κ3) is 4.15. The van der Waals surface area contributed by atoms with E-state index in [-0.39, 0.29) is 0 Å². The number of piperidine rings is 1. The third-order valence-corrected chi connectivity index (χ3v) is 4.22. The molecule has 100 valence electrons. The summed E-state index contributed by atoms with van der Waals surface area (Å²) in [5, 5.41) is 0.664. The summed E-state index contributed by atoms with van der Waals surface area (Å²) in [4.78, 5) is 2.47. The number of likely N-dealkylation sites (tertiary alicyclic amines) is 1. The van der Waals surface area contributed by atoms with Crippen LogP contribution >= 0.6 is 27.5 Å². The first-order valence-electron chi connectivity index (χ1n) is 6.45. The second-order valence-electron chi connectivity index (χ2n) is 4.95. The first-order chi connectivity index (χ1) is 8.65. The van der Waals surface area contributed by atoms with Crippen LogP contribution in [0.5, 0.6) is 5.75 Å². The fourth-order valence-corrected chi connectivity index (χ4v) is 2.89. The van der Waals surface area contributed by atoms with Crippen molar-refractivity contribution >= 4 is 27.5 Å². The minimum absolute atomic E-state index is 0.664. The summed E-state index contributed by atoms with van der Waals surface area (Å²) in [7, 11) is 0. The lowest BCUT2D eigenvalue weighted by Crippen LogP contribution is -2.35. The first kappa shape index (κ1) is 14.2. The van der Waals surface area contributed by atoms with Crippen molar-refractivity contribution in [2.24, 2.45) is 5.92 Å². The maximum atomic E-state index is 6.10. The third-order valence-electron chi connectivity index (χ3n) is 3.44. The molecule has 4 heteroatoms. The van der Waals surface area contributed by atoms with Gasteiger partial charge in [0.25, 0.3) is 0 Å². The largest absolute Gasteiger partial charge is 0.491 e. The van der Waals surface area contributed by atoms with E-state index in [9.17, 15) is 0 Å². The summed E-state index contributed by atoms with van der Waals surface area (Å²) >= 11 is 9.49. The first-order valence-corrected chi connectivity index (χ1v) is 7.62. The monoisotopic (exact) mass is 331 g/mol. The average molecular weight is 333 g/mol. The highest BCUT2D eigenvalue weighted by Crippen LogP contribution is 2.27. The van der Waals surface area contributed by atoms with Crippen LogP contribution in [0.2, 0.25) is 5.02 Å². The lowest BCUT2D eigenvalue weighted by Gasteiger charge is -2.29. The van der Waals surface area contributed by atoms with E-state index < -0.39 is 0 Å². The molecule has 0 atom stereocenters. The number of benzene rings is 1. The van der Waals surface area contributed by atoms with Crippen LogP contribution in [-0.4, -0.2) is 31.1 Å². The van der Waals surface area contributed by atoms with Crippen molar-refractivity contribution in [1.82, 2.24) is 4.90 Å². The Labute approximate surface area is 122 Å². The molecule has 0 bridgehead atoms. The molecule has 1 aliphatic rings. The van der Waals surface area contributed by atoms with Gasteiger partial charge in [-0.1, -0.05) is 34.5 Å². The van der Waals surface area contributed by atoms with Crippen molar-refractivity contribution in [3.63, 3.8) is 0 Å².